The largest absolute Gasteiger partial charge is 0.325 e. The number of rotatable bonds is 3. The number of hydrogen-bond acceptors (Lipinski definition) is 3. The van der Waals surface area contributed by atoms with Gasteiger partial charge < -0.3 is 5.73 Å². The van der Waals surface area contributed by atoms with Gasteiger partial charge in [0.25, 0.3) is 6.43 Å². The van der Waals surface area contributed by atoms with E-state index in [0.29, 0.717) is 17.0 Å². The first-order chi connectivity index (χ1) is 7.10. The number of nitrogens with two attached hydrogens (primary N) is 1. The number of aromatic nitrogens is 1. The van der Waals surface area contributed by atoms with Crippen molar-refractivity contribution in [2.45, 2.75) is 26.3 Å². The summed E-state index contributed by atoms with van der Waals surface area (Å²) in [6.07, 6.45) is -2.53. The van der Waals surface area contributed by atoms with Gasteiger partial charge in [-0.1, -0.05) is 0 Å². The highest BCUT2D eigenvalue weighted by atomic mass is 19.3. The van der Waals surface area contributed by atoms with Crippen molar-refractivity contribution in [2.75, 3.05) is 0 Å². The zero-order valence-corrected chi connectivity index (χ0v) is 8.30. The van der Waals surface area contributed by atoms with E-state index in [4.69, 9.17) is 11.0 Å². The van der Waals surface area contributed by atoms with Gasteiger partial charge in [0.05, 0.1) is 23.9 Å². The Hall–Kier alpha value is -1.54. The lowest BCUT2D eigenvalue weighted by molar-refractivity contribution is 0.150. The lowest BCUT2D eigenvalue weighted by Gasteiger charge is -2.10. The zero-order valence-electron chi connectivity index (χ0n) is 8.30. The molecule has 5 heteroatoms. The van der Waals surface area contributed by atoms with Crippen LogP contribution in [0.1, 0.15) is 28.9 Å². The predicted octanol–water partition coefficient (Wildman–Crippen LogP) is 1.85. The molecule has 0 spiro atoms. The third kappa shape index (κ3) is 2.48. The van der Waals surface area contributed by atoms with Gasteiger partial charge in [-0.25, -0.2) is 8.78 Å². The Labute approximate surface area is 86.5 Å². The van der Waals surface area contributed by atoms with Crippen LogP contribution in [-0.4, -0.2) is 4.98 Å². The first kappa shape index (κ1) is 11.5. The normalized spacial score (nSPS) is 10.4. The van der Waals surface area contributed by atoms with Gasteiger partial charge in [0.2, 0.25) is 0 Å². The van der Waals surface area contributed by atoms with Crippen LogP contribution in [-0.2, 0) is 13.0 Å². The molecule has 0 aromatic carbocycles. The predicted molar refractivity (Wildman–Crippen MR) is 51.1 cm³/mol. The Balaban J connectivity index is 3.28. The van der Waals surface area contributed by atoms with E-state index < -0.39 is 6.43 Å². The van der Waals surface area contributed by atoms with Crippen LogP contribution in [0, 0.1) is 18.3 Å². The fourth-order valence-corrected chi connectivity index (χ4v) is 1.32. The van der Waals surface area contributed by atoms with Crippen molar-refractivity contribution >= 4 is 0 Å². The van der Waals surface area contributed by atoms with Gasteiger partial charge in [0.1, 0.15) is 0 Å². The minimum Gasteiger partial charge on any atom is -0.325 e. The SMILES string of the molecule is Cc1c(C(F)F)cc(CN)nc1CC#N. The summed E-state index contributed by atoms with van der Waals surface area (Å²) in [6.45, 7) is 1.64. The molecule has 0 atom stereocenters. The van der Waals surface area contributed by atoms with Crippen molar-refractivity contribution in [2.24, 2.45) is 5.73 Å². The highest BCUT2D eigenvalue weighted by molar-refractivity contribution is 5.34. The van der Waals surface area contributed by atoms with Crippen molar-refractivity contribution in [3.05, 3.63) is 28.6 Å². The van der Waals surface area contributed by atoms with Crippen LogP contribution in [0.15, 0.2) is 6.07 Å². The summed E-state index contributed by atoms with van der Waals surface area (Å²) < 4.78 is 25.2. The fraction of sp³-hybridized carbons (Fsp3) is 0.400. The van der Waals surface area contributed by atoms with Crippen molar-refractivity contribution in [1.82, 2.24) is 4.98 Å². The van der Waals surface area contributed by atoms with Crippen LogP contribution >= 0.6 is 0 Å². The molecule has 0 aliphatic heterocycles. The average Bonchev–Trinajstić information content (AvgIpc) is 2.21. The van der Waals surface area contributed by atoms with Gasteiger partial charge in [0.15, 0.2) is 0 Å². The van der Waals surface area contributed by atoms with Crippen LogP contribution in [0.5, 0.6) is 0 Å². The van der Waals surface area contributed by atoms with Crippen molar-refractivity contribution < 1.29 is 8.78 Å². The summed E-state index contributed by atoms with van der Waals surface area (Å²) in [5, 5.41) is 8.53. The van der Waals surface area contributed by atoms with Gasteiger partial charge in [-0.15, -0.1) is 0 Å². The molecule has 0 saturated carbocycles. The summed E-state index contributed by atoms with van der Waals surface area (Å²) in [7, 11) is 0. The summed E-state index contributed by atoms with van der Waals surface area (Å²) in [5.74, 6) is 0. The molecular formula is C10H11F2N3. The fourth-order valence-electron chi connectivity index (χ4n) is 1.32. The molecule has 1 rings (SSSR count). The molecule has 15 heavy (non-hydrogen) atoms. The van der Waals surface area contributed by atoms with Crippen LogP contribution < -0.4 is 5.73 Å². The molecule has 2 N–H and O–H groups in total. The first-order valence-corrected chi connectivity index (χ1v) is 4.44. The standard InChI is InChI=1S/C10H11F2N3/c1-6-8(10(11)12)4-7(5-14)15-9(6)2-3-13/h4,10H,2,5,14H2,1H3. The smallest absolute Gasteiger partial charge is 0.264 e. The van der Waals surface area contributed by atoms with Gasteiger partial charge in [-0.2, -0.15) is 5.26 Å². The lowest BCUT2D eigenvalue weighted by atomic mass is 10.0. The van der Waals surface area contributed by atoms with Crippen molar-refractivity contribution in [3.63, 3.8) is 0 Å². The monoisotopic (exact) mass is 211 g/mol. The second-order valence-electron chi connectivity index (χ2n) is 3.11. The molecular weight excluding hydrogens is 200 g/mol. The maximum atomic E-state index is 12.6. The van der Waals surface area contributed by atoms with Gasteiger partial charge >= 0.3 is 0 Å². The minimum absolute atomic E-state index is 0.0272. The Kier molecular flexibility index (Phi) is 3.69. The average molecular weight is 211 g/mol. The van der Waals surface area contributed by atoms with Crippen molar-refractivity contribution in [3.8, 4) is 6.07 Å². The topological polar surface area (TPSA) is 62.7 Å². The molecule has 0 fully saturated rings. The summed E-state index contributed by atoms with van der Waals surface area (Å²) in [4.78, 5) is 4.04. The quantitative estimate of drug-likeness (QED) is 0.829. The maximum absolute atomic E-state index is 12.6. The molecule has 80 valence electrons. The molecule has 0 aliphatic carbocycles. The van der Waals surface area contributed by atoms with Crippen molar-refractivity contribution in [1.29, 1.82) is 5.26 Å². The molecule has 0 aliphatic rings. The van der Waals surface area contributed by atoms with E-state index in [1.807, 2.05) is 6.07 Å². The summed E-state index contributed by atoms with van der Waals surface area (Å²) >= 11 is 0. The third-order valence-electron chi connectivity index (χ3n) is 2.16. The lowest BCUT2D eigenvalue weighted by Crippen LogP contribution is -2.07. The Morgan fingerprint density at radius 2 is 2.27 bits per heavy atom. The zero-order chi connectivity index (χ0) is 11.4. The summed E-state index contributed by atoms with van der Waals surface area (Å²) in [5.41, 5.74) is 6.41. The second-order valence-corrected chi connectivity index (χ2v) is 3.11. The van der Waals surface area contributed by atoms with Gasteiger partial charge in [-0.3, -0.25) is 4.98 Å². The molecule has 0 saturated heterocycles. The van der Waals surface area contributed by atoms with E-state index in [0.717, 1.165) is 0 Å². The number of halogens is 2. The first-order valence-electron chi connectivity index (χ1n) is 4.44. The molecule has 1 aromatic heterocycles. The van der Waals surface area contributed by atoms with E-state index in [9.17, 15) is 8.78 Å². The van der Waals surface area contributed by atoms with E-state index in [1.54, 1.807) is 6.92 Å². The number of alkyl halides is 2. The Morgan fingerprint density at radius 3 is 2.73 bits per heavy atom. The molecule has 3 nitrogen and oxygen atoms in total. The molecule has 1 heterocycles. The van der Waals surface area contributed by atoms with Crippen LogP contribution in [0.4, 0.5) is 8.78 Å². The molecule has 1 aromatic rings. The molecule has 0 bridgehead atoms. The van der Waals surface area contributed by atoms with E-state index in [1.165, 1.54) is 6.07 Å². The Morgan fingerprint density at radius 1 is 1.60 bits per heavy atom. The van der Waals surface area contributed by atoms with Crippen LogP contribution in [0.2, 0.25) is 0 Å². The van der Waals surface area contributed by atoms with Gasteiger partial charge in [-0.05, 0) is 18.6 Å². The summed E-state index contributed by atoms with van der Waals surface area (Å²) in [6, 6.07) is 3.19. The third-order valence-corrected chi connectivity index (χ3v) is 2.16. The Bertz CT molecular complexity index is 396. The number of pyridine rings is 1. The van der Waals surface area contributed by atoms with Gasteiger partial charge in [0, 0.05) is 12.1 Å². The van der Waals surface area contributed by atoms with Crippen LogP contribution in [0.25, 0.3) is 0 Å². The number of hydrogen-bond donors (Lipinski definition) is 1. The highest BCUT2D eigenvalue weighted by Crippen LogP contribution is 2.25. The van der Waals surface area contributed by atoms with E-state index in [2.05, 4.69) is 4.98 Å². The molecule has 0 radical (unpaired) electrons. The number of nitrogens with zero attached hydrogens (tertiary/aromatic N) is 2. The molecule has 0 amide bonds. The van der Waals surface area contributed by atoms with E-state index in [-0.39, 0.29) is 18.5 Å². The van der Waals surface area contributed by atoms with Crippen LogP contribution in [0.3, 0.4) is 0 Å². The highest BCUT2D eigenvalue weighted by Gasteiger charge is 2.15. The number of nitriles is 1. The second kappa shape index (κ2) is 4.80. The van der Waals surface area contributed by atoms with E-state index >= 15 is 0 Å². The molecule has 0 unspecified atom stereocenters. The minimum atomic E-state index is -2.56. The maximum Gasteiger partial charge on any atom is 0.264 e.